The molecule has 2 aliphatic rings. The fraction of sp³-hybridized carbons (Fsp3) is 0.625. The van der Waals surface area contributed by atoms with Gasteiger partial charge in [-0.3, -0.25) is 4.90 Å². The first kappa shape index (κ1) is 12.9. The fourth-order valence-electron chi connectivity index (χ4n) is 3.47. The van der Waals surface area contributed by atoms with Crippen LogP contribution in [0.4, 0.5) is 0 Å². The van der Waals surface area contributed by atoms with E-state index < -0.39 is 0 Å². The van der Waals surface area contributed by atoms with E-state index in [4.69, 9.17) is 4.74 Å². The van der Waals surface area contributed by atoms with E-state index in [1.807, 2.05) is 6.07 Å². The standard InChI is InChI=1S/C16H23NO2/c1-2-3-14-11-17(8-9-19-14)16-7-5-12-4-6-13(18)10-15(12)16/h4,6,10,14,16,18H,2-3,5,7-9,11H2,1H3. The van der Waals surface area contributed by atoms with E-state index in [9.17, 15) is 5.11 Å². The molecule has 0 bridgehead atoms. The van der Waals surface area contributed by atoms with E-state index in [1.165, 1.54) is 24.0 Å². The van der Waals surface area contributed by atoms with Crippen molar-refractivity contribution < 1.29 is 9.84 Å². The number of phenolic OH excluding ortho intramolecular Hbond substituents is 1. The van der Waals surface area contributed by atoms with Gasteiger partial charge in [-0.05, 0) is 42.5 Å². The van der Waals surface area contributed by atoms with E-state index in [2.05, 4.69) is 17.9 Å². The van der Waals surface area contributed by atoms with Gasteiger partial charge in [0.05, 0.1) is 12.7 Å². The summed E-state index contributed by atoms with van der Waals surface area (Å²) in [5, 5.41) is 9.71. The van der Waals surface area contributed by atoms with Crippen LogP contribution in [-0.4, -0.2) is 35.8 Å². The van der Waals surface area contributed by atoms with Crippen LogP contribution in [0.1, 0.15) is 43.4 Å². The van der Waals surface area contributed by atoms with Gasteiger partial charge in [0.1, 0.15) is 5.75 Å². The number of fused-ring (bicyclic) bond motifs is 1. The maximum atomic E-state index is 9.71. The molecule has 0 spiro atoms. The molecule has 3 heteroatoms. The molecule has 1 aromatic rings. The van der Waals surface area contributed by atoms with Gasteiger partial charge < -0.3 is 9.84 Å². The van der Waals surface area contributed by atoms with Gasteiger partial charge in [0.2, 0.25) is 0 Å². The average molecular weight is 261 g/mol. The van der Waals surface area contributed by atoms with Crippen LogP contribution in [0.15, 0.2) is 18.2 Å². The molecule has 1 aliphatic carbocycles. The lowest BCUT2D eigenvalue weighted by atomic mass is 10.0. The molecular formula is C16H23NO2. The summed E-state index contributed by atoms with van der Waals surface area (Å²) in [5.74, 6) is 0.393. The van der Waals surface area contributed by atoms with Crippen molar-refractivity contribution in [1.82, 2.24) is 4.90 Å². The minimum atomic E-state index is 0.389. The van der Waals surface area contributed by atoms with E-state index in [1.54, 1.807) is 6.07 Å². The van der Waals surface area contributed by atoms with Crippen LogP contribution in [0.25, 0.3) is 0 Å². The lowest BCUT2D eigenvalue weighted by Gasteiger charge is -2.37. The molecule has 0 amide bonds. The number of aromatic hydroxyl groups is 1. The number of nitrogens with zero attached hydrogens (tertiary/aromatic N) is 1. The molecule has 1 aliphatic heterocycles. The molecule has 1 saturated heterocycles. The van der Waals surface area contributed by atoms with Gasteiger partial charge in [0.25, 0.3) is 0 Å². The molecule has 3 nitrogen and oxygen atoms in total. The van der Waals surface area contributed by atoms with E-state index in [0.29, 0.717) is 17.9 Å². The molecule has 3 rings (SSSR count). The number of morpholine rings is 1. The summed E-state index contributed by atoms with van der Waals surface area (Å²) >= 11 is 0. The Balaban J connectivity index is 1.75. The maximum Gasteiger partial charge on any atom is 0.115 e. The Morgan fingerprint density at radius 1 is 1.42 bits per heavy atom. The molecule has 19 heavy (non-hydrogen) atoms. The van der Waals surface area contributed by atoms with Gasteiger partial charge in [0.15, 0.2) is 0 Å². The Labute approximate surface area is 115 Å². The second kappa shape index (κ2) is 5.51. The zero-order valence-corrected chi connectivity index (χ0v) is 11.6. The number of hydrogen-bond donors (Lipinski definition) is 1. The Kier molecular flexibility index (Phi) is 3.76. The van der Waals surface area contributed by atoms with Gasteiger partial charge >= 0.3 is 0 Å². The summed E-state index contributed by atoms with van der Waals surface area (Å²) in [6, 6.07) is 6.32. The molecule has 1 N–H and O–H groups in total. The van der Waals surface area contributed by atoms with Crippen LogP contribution in [0.3, 0.4) is 0 Å². The number of ether oxygens (including phenoxy) is 1. The second-order valence-electron chi connectivity index (χ2n) is 5.71. The maximum absolute atomic E-state index is 9.71. The molecule has 1 heterocycles. The van der Waals surface area contributed by atoms with Crippen molar-refractivity contribution in [1.29, 1.82) is 0 Å². The summed E-state index contributed by atoms with van der Waals surface area (Å²) in [6.07, 6.45) is 5.03. The number of aryl methyl sites for hydroxylation is 1. The van der Waals surface area contributed by atoms with Crippen molar-refractivity contribution in [3.63, 3.8) is 0 Å². The fourth-order valence-corrected chi connectivity index (χ4v) is 3.47. The van der Waals surface area contributed by atoms with Gasteiger partial charge in [0, 0.05) is 19.1 Å². The molecule has 0 radical (unpaired) electrons. The lowest BCUT2D eigenvalue weighted by Crippen LogP contribution is -2.43. The average Bonchev–Trinajstić information content (AvgIpc) is 2.82. The Morgan fingerprint density at radius 3 is 3.16 bits per heavy atom. The normalized spacial score (nSPS) is 27.4. The number of hydrogen-bond acceptors (Lipinski definition) is 3. The first-order valence-electron chi connectivity index (χ1n) is 7.45. The van der Waals surface area contributed by atoms with Crippen molar-refractivity contribution in [3.05, 3.63) is 29.3 Å². The smallest absolute Gasteiger partial charge is 0.115 e. The summed E-state index contributed by atoms with van der Waals surface area (Å²) in [5.41, 5.74) is 2.73. The first-order valence-corrected chi connectivity index (χ1v) is 7.45. The summed E-state index contributed by atoms with van der Waals surface area (Å²) in [6.45, 7) is 5.11. The van der Waals surface area contributed by atoms with Crippen LogP contribution in [0.2, 0.25) is 0 Å². The molecule has 2 unspecified atom stereocenters. The largest absolute Gasteiger partial charge is 0.508 e. The third kappa shape index (κ3) is 2.63. The minimum absolute atomic E-state index is 0.389. The van der Waals surface area contributed by atoms with E-state index in [0.717, 1.165) is 32.5 Å². The highest BCUT2D eigenvalue weighted by molar-refractivity contribution is 5.40. The summed E-state index contributed by atoms with van der Waals surface area (Å²) < 4.78 is 5.83. The molecule has 1 aromatic carbocycles. The van der Waals surface area contributed by atoms with Crippen molar-refractivity contribution in [2.75, 3.05) is 19.7 Å². The van der Waals surface area contributed by atoms with Crippen LogP contribution in [-0.2, 0) is 11.2 Å². The molecule has 2 atom stereocenters. The quantitative estimate of drug-likeness (QED) is 0.908. The summed E-state index contributed by atoms with van der Waals surface area (Å²) in [4.78, 5) is 2.55. The number of phenols is 1. The Bertz CT molecular complexity index is 444. The topological polar surface area (TPSA) is 32.7 Å². The lowest BCUT2D eigenvalue weighted by molar-refractivity contribution is -0.0470. The third-order valence-electron chi connectivity index (χ3n) is 4.40. The summed E-state index contributed by atoms with van der Waals surface area (Å²) in [7, 11) is 0. The predicted octanol–water partition coefficient (Wildman–Crippen LogP) is 2.88. The van der Waals surface area contributed by atoms with Crippen molar-refractivity contribution in [3.8, 4) is 5.75 Å². The monoisotopic (exact) mass is 261 g/mol. The molecular weight excluding hydrogens is 238 g/mol. The van der Waals surface area contributed by atoms with Crippen molar-refractivity contribution in [2.45, 2.75) is 44.8 Å². The van der Waals surface area contributed by atoms with Gasteiger partial charge in [-0.15, -0.1) is 0 Å². The van der Waals surface area contributed by atoms with Crippen LogP contribution in [0, 0.1) is 0 Å². The molecule has 104 valence electrons. The van der Waals surface area contributed by atoms with Gasteiger partial charge in [-0.25, -0.2) is 0 Å². The predicted molar refractivity (Wildman–Crippen MR) is 75.4 cm³/mol. The number of benzene rings is 1. The highest BCUT2D eigenvalue weighted by Gasteiger charge is 2.31. The Morgan fingerprint density at radius 2 is 2.32 bits per heavy atom. The first-order chi connectivity index (χ1) is 9.28. The van der Waals surface area contributed by atoms with Gasteiger partial charge in [-0.1, -0.05) is 19.4 Å². The highest BCUT2D eigenvalue weighted by Crippen LogP contribution is 2.38. The zero-order valence-electron chi connectivity index (χ0n) is 11.6. The van der Waals surface area contributed by atoms with Gasteiger partial charge in [-0.2, -0.15) is 0 Å². The molecule has 0 aromatic heterocycles. The van der Waals surface area contributed by atoms with Crippen molar-refractivity contribution in [2.24, 2.45) is 0 Å². The minimum Gasteiger partial charge on any atom is -0.508 e. The van der Waals surface area contributed by atoms with E-state index in [-0.39, 0.29) is 0 Å². The van der Waals surface area contributed by atoms with Crippen molar-refractivity contribution >= 4 is 0 Å². The zero-order chi connectivity index (χ0) is 13.2. The molecule has 1 fully saturated rings. The SMILES string of the molecule is CCCC1CN(C2CCc3ccc(O)cc32)CCO1. The highest BCUT2D eigenvalue weighted by atomic mass is 16.5. The Hall–Kier alpha value is -1.06. The van der Waals surface area contributed by atoms with E-state index >= 15 is 0 Å². The van der Waals surface area contributed by atoms with Crippen LogP contribution < -0.4 is 0 Å². The second-order valence-corrected chi connectivity index (χ2v) is 5.71. The number of rotatable bonds is 3. The van der Waals surface area contributed by atoms with Crippen LogP contribution in [0.5, 0.6) is 5.75 Å². The third-order valence-corrected chi connectivity index (χ3v) is 4.40. The molecule has 0 saturated carbocycles. The van der Waals surface area contributed by atoms with Crippen LogP contribution >= 0.6 is 0 Å².